The third-order valence-electron chi connectivity index (χ3n) is 5.58. The molecule has 1 aliphatic heterocycles. The molecule has 1 aliphatic rings. The number of hydrogen-bond donors (Lipinski definition) is 1. The molecule has 1 fully saturated rings. The molecule has 0 saturated carbocycles. The zero-order chi connectivity index (χ0) is 20.2. The smallest absolute Gasteiger partial charge is 0.263 e. The molecule has 7 nitrogen and oxygen atoms in total. The SMILES string of the molecule is CCc1noc2ncnc(N3CCC[C@@H](C(=O)NCCc4ccc(C)cc4)C3)c12. The monoisotopic (exact) mass is 393 g/mol. The summed E-state index contributed by atoms with van der Waals surface area (Å²) in [5, 5.41) is 8.10. The first-order chi connectivity index (χ1) is 14.2. The van der Waals surface area contributed by atoms with Gasteiger partial charge in [-0.15, -0.1) is 0 Å². The van der Waals surface area contributed by atoms with Crippen molar-refractivity contribution in [1.82, 2.24) is 20.4 Å². The van der Waals surface area contributed by atoms with Gasteiger partial charge in [0.05, 0.1) is 11.6 Å². The number of hydrogen-bond acceptors (Lipinski definition) is 6. The van der Waals surface area contributed by atoms with E-state index in [2.05, 4.69) is 56.5 Å². The van der Waals surface area contributed by atoms with Crippen LogP contribution in [-0.2, 0) is 17.6 Å². The normalized spacial score (nSPS) is 16.9. The van der Waals surface area contributed by atoms with Crippen LogP contribution in [0, 0.1) is 12.8 Å². The lowest BCUT2D eigenvalue weighted by Crippen LogP contribution is -2.44. The highest BCUT2D eigenvalue weighted by molar-refractivity contribution is 5.88. The minimum atomic E-state index is -0.0447. The summed E-state index contributed by atoms with van der Waals surface area (Å²) >= 11 is 0. The van der Waals surface area contributed by atoms with Crippen LogP contribution in [0.4, 0.5) is 5.82 Å². The van der Waals surface area contributed by atoms with E-state index in [4.69, 9.17) is 4.52 Å². The van der Waals surface area contributed by atoms with Gasteiger partial charge in [-0.25, -0.2) is 4.98 Å². The summed E-state index contributed by atoms with van der Waals surface area (Å²) in [4.78, 5) is 23.6. The van der Waals surface area contributed by atoms with Gasteiger partial charge in [0, 0.05) is 19.6 Å². The molecule has 0 spiro atoms. The molecule has 2 aromatic heterocycles. The summed E-state index contributed by atoms with van der Waals surface area (Å²) in [7, 11) is 0. The Morgan fingerprint density at radius 2 is 2.10 bits per heavy atom. The van der Waals surface area contributed by atoms with Crippen LogP contribution in [0.1, 0.15) is 36.6 Å². The van der Waals surface area contributed by atoms with Gasteiger partial charge in [0.2, 0.25) is 5.91 Å². The van der Waals surface area contributed by atoms with E-state index in [1.807, 2.05) is 6.92 Å². The third kappa shape index (κ3) is 4.23. The predicted molar refractivity (Wildman–Crippen MR) is 112 cm³/mol. The van der Waals surface area contributed by atoms with Crippen LogP contribution >= 0.6 is 0 Å². The van der Waals surface area contributed by atoms with E-state index >= 15 is 0 Å². The number of amides is 1. The number of benzene rings is 1. The minimum absolute atomic E-state index is 0.0447. The van der Waals surface area contributed by atoms with Crippen molar-refractivity contribution in [1.29, 1.82) is 0 Å². The van der Waals surface area contributed by atoms with Crippen molar-refractivity contribution in [3.05, 3.63) is 47.4 Å². The number of nitrogens with one attached hydrogen (secondary N) is 1. The summed E-state index contributed by atoms with van der Waals surface area (Å²) in [5.41, 5.74) is 3.86. The van der Waals surface area contributed by atoms with Crippen molar-refractivity contribution in [2.24, 2.45) is 5.92 Å². The van der Waals surface area contributed by atoms with Gasteiger partial charge < -0.3 is 14.7 Å². The molecule has 7 heteroatoms. The Balaban J connectivity index is 1.40. The molecule has 1 saturated heterocycles. The van der Waals surface area contributed by atoms with Gasteiger partial charge in [-0.3, -0.25) is 4.79 Å². The zero-order valence-corrected chi connectivity index (χ0v) is 17.0. The van der Waals surface area contributed by atoms with Crippen LogP contribution in [0.3, 0.4) is 0 Å². The molecule has 0 aliphatic carbocycles. The number of piperidine rings is 1. The number of anilines is 1. The Hall–Kier alpha value is -2.96. The number of carbonyl (C=O) groups excluding carboxylic acids is 1. The van der Waals surface area contributed by atoms with E-state index in [1.165, 1.54) is 17.5 Å². The first-order valence-electron chi connectivity index (χ1n) is 10.3. The van der Waals surface area contributed by atoms with Crippen molar-refractivity contribution in [3.63, 3.8) is 0 Å². The summed E-state index contributed by atoms with van der Waals surface area (Å²) in [6, 6.07) is 8.45. The van der Waals surface area contributed by atoms with Crippen molar-refractivity contribution in [2.45, 2.75) is 39.5 Å². The van der Waals surface area contributed by atoms with Gasteiger partial charge in [0.25, 0.3) is 5.71 Å². The lowest BCUT2D eigenvalue weighted by atomic mass is 9.96. The summed E-state index contributed by atoms with van der Waals surface area (Å²) in [5.74, 6) is 0.898. The number of carbonyl (C=O) groups is 1. The second kappa shape index (κ2) is 8.59. The number of rotatable bonds is 6. The molecule has 0 bridgehead atoms. The average Bonchev–Trinajstić information content (AvgIpc) is 3.18. The van der Waals surface area contributed by atoms with E-state index in [0.29, 0.717) is 18.8 Å². The third-order valence-corrected chi connectivity index (χ3v) is 5.58. The predicted octanol–water partition coefficient (Wildman–Crippen LogP) is 3.06. The topological polar surface area (TPSA) is 84.2 Å². The van der Waals surface area contributed by atoms with E-state index in [1.54, 1.807) is 0 Å². The molecule has 1 amide bonds. The minimum Gasteiger partial charge on any atom is -0.355 e. The second-order valence-electron chi connectivity index (χ2n) is 7.67. The summed E-state index contributed by atoms with van der Waals surface area (Å²) in [6.45, 7) is 6.29. The van der Waals surface area contributed by atoms with Crippen LogP contribution in [0.2, 0.25) is 0 Å². The van der Waals surface area contributed by atoms with Gasteiger partial charge in [-0.05, 0) is 38.2 Å². The average molecular weight is 393 g/mol. The molecule has 3 aromatic rings. The standard InChI is InChI=1S/C22H27N5O2/c1-3-18-19-20(24-14-25-22(19)29-26-18)27-12-4-5-17(13-27)21(28)23-11-10-16-8-6-15(2)7-9-16/h6-9,14,17H,3-5,10-13H2,1-2H3,(H,23,28)/t17-/m1/s1. The molecule has 152 valence electrons. The van der Waals surface area contributed by atoms with Crippen molar-refractivity contribution in [3.8, 4) is 0 Å². The van der Waals surface area contributed by atoms with Gasteiger partial charge >= 0.3 is 0 Å². The maximum atomic E-state index is 12.8. The first kappa shape index (κ1) is 19.4. The van der Waals surface area contributed by atoms with Crippen LogP contribution in [-0.4, -0.2) is 40.7 Å². The van der Waals surface area contributed by atoms with Crippen molar-refractivity contribution < 1.29 is 9.32 Å². The van der Waals surface area contributed by atoms with Gasteiger partial charge in [0.15, 0.2) is 0 Å². The Kier molecular flexibility index (Phi) is 5.74. The fraction of sp³-hybridized carbons (Fsp3) is 0.455. The molecule has 1 N–H and O–H groups in total. The van der Waals surface area contributed by atoms with Crippen molar-refractivity contribution >= 4 is 22.8 Å². The Labute approximate surface area is 170 Å². The summed E-state index contributed by atoms with van der Waals surface area (Å²) < 4.78 is 5.34. The summed E-state index contributed by atoms with van der Waals surface area (Å²) in [6.07, 6.45) is 4.95. The quantitative estimate of drug-likeness (QED) is 0.693. The molecular formula is C22H27N5O2. The molecule has 1 aromatic carbocycles. The van der Waals surface area contributed by atoms with Crippen LogP contribution in [0.15, 0.2) is 35.1 Å². The highest BCUT2D eigenvalue weighted by Gasteiger charge is 2.28. The second-order valence-corrected chi connectivity index (χ2v) is 7.67. The molecule has 29 heavy (non-hydrogen) atoms. The van der Waals surface area contributed by atoms with Gasteiger partial charge in [-0.2, -0.15) is 4.98 Å². The lowest BCUT2D eigenvalue weighted by molar-refractivity contribution is -0.125. The zero-order valence-electron chi connectivity index (χ0n) is 17.0. The number of fused-ring (bicyclic) bond motifs is 1. The Morgan fingerprint density at radius 3 is 2.90 bits per heavy atom. The van der Waals surface area contributed by atoms with E-state index in [-0.39, 0.29) is 11.8 Å². The molecular weight excluding hydrogens is 366 g/mol. The molecule has 4 rings (SSSR count). The van der Waals surface area contributed by atoms with Crippen LogP contribution < -0.4 is 10.2 Å². The van der Waals surface area contributed by atoms with E-state index < -0.39 is 0 Å². The Bertz CT molecular complexity index is 983. The molecule has 0 unspecified atom stereocenters. The number of aryl methyl sites for hydroxylation is 2. The van der Waals surface area contributed by atoms with Crippen molar-refractivity contribution in [2.75, 3.05) is 24.5 Å². The maximum absolute atomic E-state index is 12.8. The maximum Gasteiger partial charge on any atom is 0.263 e. The highest BCUT2D eigenvalue weighted by Crippen LogP contribution is 2.30. The largest absolute Gasteiger partial charge is 0.355 e. The number of aromatic nitrogens is 3. The van der Waals surface area contributed by atoms with E-state index in [9.17, 15) is 4.79 Å². The number of nitrogens with zero attached hydrogens (tertiary/aromatic N) is 4. The van der Waals surface area contributed by atoms with Gasteiger partial charge in [-0.1, -0.05) is 41.9 Å². The molecule has 0 radical (unpaired) electrons. The van der Waals surface area contributed by atoms with Gasteiger partial charge in [0.1, 0.15) is 17.5 Å². The highest BCUT2D eigenvalue weighted by atomic mass is 16.5. The fourth-order valence-electron chi connectivity index (χ4n) is 3.92. The first-order valence-corrected chi connectivity index (χ1v) is 10.3. The van der Waals surface area contributed by atoms with E-state index in [0.717, 1.165) is 49.1 Å². The van der Waals surface area contributed by atoms with Crippen LogP contribution in [0.5, 0.6) is 0 Å². The van der Waals surface area contributed by atoms with Crippen LogP contribution in [0.25, 0.3) is 11.1 Å². The Morgan fingerprint density at radius 1 is 1.28 bits per heavy atom. The molecule has 1 atom stereocenters. The molecule has 3 heterocycles. The fourth-order valence-corrected chi connectivity index (χ4v) is 3.92. The lowest BCUT2D eigenvalue weighted by Gasteiger charge is -2.33.